The number of aromatic nitrogens is 2. The Morgan fingerprint density at radius 3 is 2.09 bits per heavy atom. The Bertz CT molecular complexity index is 873. The number of nitrogens with zero attached hydrogens (tertiary/aromatic N) is 1. The van der Waals surface area contributed by atoms with E-state index < -0.39 is 73.3 Å². The zero-order chi connectivity index (χ0) is 25.7. The van der Waals surface area contributed by atoms with E-state index in [0.29, 0.717) is 5.69 Å². The molecule has 0 aromatic carbocycles. The second-order valence-corrected chi connectivity index (χ2v) is 7.00. The van der Waals surface area contributed by atoms with E-state index in [0.717, 1.165) is 0 Å². The van der Waals surface area contributed by atoms with Gasteiger partial charge >= 0.3 is 5.97 Å². The summed E-state index contributed by atoms with van der Waals surface area (Å²) in [7, 11) is 0. The number of aliphatic hydroxyl groups excluding tert-OH is 1. The average Bonchev–Trinajstić information content (AvgIpc) is 3.30. The van der Waals surface area contributed by atoms with Crippen LogP contribution in [0.3, 0.4) is 0 Å². The predicted octanol–water partition coefficient (Wildman–Crippen LogP) is -5.31. The zero-order valence-corrected chi connectivity index (χ0v) is 18.3. The van der Waals surface area contributed by atoms with Crippen LogP contribution in [0.15, 0.2) is 12.5 Å². The Morgan fingerprint density at radius 2 is 1.56 bits per heavy atom. The summed E-state index contributed by atoms with van der Waals surface area (Å²) >= 11 is 0. The highest BCUT2D eigenvalue weighted by atomic mass is 16.4. The lowest BCUT2D eigenvalue weighted by Gasteiger charge is -2.21. The van der Waals surface area contributed by atoms with Crippen LogP contribution in [0.5, 0.6) is 0 Å². The number of carbonyl (C=O) groups is 6. The molecule has 5 amide bonds. The molecule has 0 spiro atoms. The van der Waals surface area contributed by atoms with Crippen molar-refractivity contribution >= 4 is 35.5 Å². The van der Waals surface area contributed by atoms with Crippen molar-refractivity contribution < 1.29 is 39.0 Å². The average molecular weight is 484 g/mol. The highest BCUT2D eigenvalue weighted by molar-refractivity contribution is 5.93. The van der Waals surface area contributed by atoms with E-state index in [9.17, 15) is 39.0 Å². The van der Waals surface area contributed by atoms with Gasteiger partial charge in [0.15, 0.2) is 0 Å². The zero-order valence-electron chi connectivity index (χ0n) is 18.3. The third kappa shape index (κ3) is 10.5. The van der Waals surface area contributed by atoms with Gasteiger partial charge in [0, 0.05) is 18.3 Å². The lowest BCUT2D eigenvalue weighted by molar-refractivity contribution is -0.141. The van der Waals surface area contributed by atoms with Gasteiger partial charge in [-0.1, -0.05) is 0 Å². The number of carboxylic acids is 1. The first kappa shape index (κ1) is 28.0. The van der Waals surface area contributed by atoms with Crippen LogP contribution in [0.1, 0.15) is 12.6 Å². The Morgan fingerprint density at radius 1 is 0.971 bits per heavy atom. The van der Waals surface area contributed by atoms with E-state index in [1.807, 2.05) is 0 Å². The SMILES string of the molecule is C[C@@H](O)[C@H](NC(=O)CNC(=O)CN)C(=O)NCC(=O)NCC(=O)N[C@@H](Cc1cnc[nH]1)C(=O)O. The fraction of sp³-hybridized carbons (Fsp3) is 0.500. The van der Waals surface area contributed by atoms with Crippen LogP contribution in [-0.2, 0) is 35.2 Å². The topological polar surface area (TPSA) is 258 Å². The van der Waals surface area contributed by atoms with Crippen LogP contribution in [0.25, 0.3) is 0 Å². The molecule has 16 nitrogen and oxygen atoms in total. The Hall–Kier alpha value is -4.05. The molecule has 0 aliphatic carbocycles. The van der Waals surface area contributed by atoms with E-state index >= 15 is 0 Å². The fourth-order valence-electron chi connectivity index (χ4n) is 2.46. The van der Waals surface area contributed by atoms with Crippen molar-refractivity contribution in [3.05, 3.63) is 18.2 Å². The van der Waals surface area contributed by atoms with E-state index in [-0.39, 0.29) is 13.0 Å². The first-order valence-electron chi connectivity index (χ1n) is 10.0. The van der Waals surface area contributed by atoms with Gasteiger partial charge in [0.05, 0.1) is 38.6 Å². The number of aliphatic carboxylic acids is 1. The minimum absolute atomic E-state index is 0.0482. The second kappa shape index (κ2) is 14.2. The number of aromatic amines is 1. The van der Waals surface area contributed by atoms with Gasteiger partial charge in [0.25, 0.3) is 0 Å². The molecular formula is C18H28N8O8. The molecule has 0 fully saturated rings. The van der Waals surface area contributed by atoms with Crippen molar-refractivity contribution in [2.75, 3.05) is 26.2 Å². The minimum atomic E-state index is -1.42. The summed E-state index contributed by atoms with van der Waals surface area (Å²) in [5.41, 5.74) is 5.58. The first-order chi connectivity index (χ1) is 16.0. The largest absolute Gasteiger partial charge is 0.480 e. The molecule has 0 unspecified atom stereocenters. The monoisotopic (exact) mass is 484 g/mol. The standard InChI is InChI=1S/C18H28N8O8/c1-9(27)16(26-15(31)7-21-12(28)3-19)17(32)23-5-13(29)22-6-14(30)25-11(18(33)34)2-10-4-20-8-24-10/h4,8-9,11,16,27H,2-3,5-7,19H2,1H3,(H,20,24)(H,21,28)(H,22,29)(H,23,32)(H,25,30)(H,26,31)(H,33,34)/t9-,11+,16+/m1/s1. The molecule has 0 aliphatic heterocycles. The molecular weight excluding hydrogens is 456 g/mol. The number of H-pyrrole nitrogens is 1. The summed E-state index contributed by atoms with van der Waals surface area (Å²) in [6, 6.07) is -2.67. The second-order valence-electron chi connectivity index (χ2n) is 7.00. The summed E-state index contributed by atoms with van der Waals surface area (Å²) in [5.74, 6) is -5.10. The fourth-order valence-corrected chi connectivity index (χ4v) is 2.46. The Balaban J connectivity index is 2.44. The van der Waals surface area contributed by atoms with Gasteiger partial charge in [0.2, 0.25) is 29.5 Å². The summed E-state index contributed by atoms with van der Waals surface area (Å²) in [5, 5.41) is 30.0. The summed E-state index contributed by atoms with van der Waals surface area (Å²) in [6.45, 7) is -0.720. The maximum Gasteiger partial charge on any atom is 0.326 e. The van der Waals surface area contributed by atoms with Gasteiger partial charge < -0.3 is 47.5 Å². The van der Waals surface area contributed by atoms with E-state index in [4.69, 9.17) is 5.73 Å². The summed E-state index contributed by atoms with van der Waals surface area (Å²) in [6.07, 6.45) is 1.39. The van der Waals surface area contributed by atoms with Crippen LogP contribution in [-0.4, -0.2) is 100 Å². The molecule has 1 heterocycles. The lowest BCUT2D eigenvalue weighted by Crippen LogP contribution is -2.55. The minimum Gasteiger partial charge on any atom is -0.480 e. The number of aliphatic hydroxyl groups is 1. The first-order valence-corrected chi connectivity index (χ1v) is 10.0. The van der Waals surface area contributed by atoms with E-state index in [1.54, 1.807) is 0 Å². The molecule has 0 bridgehead atoms. The van der Waals surface area contributed by atoms with Gasteiger partial charge in [-0.2, -0.15) is 0 Å². The van der Waals surface area contributed by atoms with Crippen molar-refractivity contribution in [2.24, 2.45) is 5.73 Å². The van der Waals surface area contributed by atoms with E-state index in [1.165, 1.54) is 19.4 Å². The molecule has 10 N–H and O–H groups in total. The molecule has 0 saturated carbocycles. The van der Waals surface area contributed by atoms with E-state index in [2.05, 4.69) is 36.6 Å². The molecule has 188 valence electrons. The van der Waals surface area contributed by atoms with Crippen molar-refractivity contribution in [2.45, 2.75) is 31.5 Å². The third-order valence-electron chi connectivity index (χ3n) is 4.19. The molecule has 1 aromatic rings. The predicted molar refractivity (Wildman–Crippen MR) is 114 cm³/mol. The van der Waals surface area contributed by atoms with Crippen LogP contribution < -0.4 is 32.3 Å². The Kier molecular flexibility index (Phi) is 11.7. The molecule has 0 aliphatic rings. The number of carboxylic acid groups (broad SMARTS) is 1. The molecule has 3 atom stereocenters. The number of hydrogen-bond acceptors (Lipinski definition) is 9. The highest BCUT2D eigenvalue weighted by Gasteiger charge is 2.26. The normalized spacial score (nSPS) is 13.0. The van der Waals surface area contributed by atoms with Gasteiger partial charge in [0.1, 0.15) is 12.1 Å². The van der Waals surface area contributed by atoms with Gasteiger partial charge in [-0.15, -0.1) is 0 Å². The number of nitrogens with one attached hydrogen (secondary N) is 6. The van der Waals surface area contributed by atoms with Crippen LogP contribution >= 0.6 is 0 Å². The summed E-state index contributed by atoms with van der Waals surface area (Å²) in [4.78, 5) is 76.7. The maximum atomic E-state index is 12.2. The molecule has 1 aromatic heterocycles. The molecule has 1 rings (SSSR count). The number of nitrogens with two attached hydrogens (primary N) is 1. The highest BCUT2D eigenvalue weighted by Crippen LogP contribution is 1.99. The van der Waals surface area contributed by atoms with Crippen LogP contribution in [0.4, 0.5) is 0 Å². The lowest BCUT2D eigenvalue weighted by atomic mass is 10.1. The number of carbonyl (C=O) groups excluding carboxylic acids is 5. The van der Waals surface area contributed by atoms with Crippen LogP contribution in [0, 0.1) is 0 Å². The van der Waals surface area contributed by atoms with Crippen molar-refractivity contribution in [3.63, 3.8) is 0 Å². The molecule has 0 saturated heterocycles. The smallest absolute Gasteiger partial charge is 0.326 e. The number of imidazole rings is 1. The third-order valence-corrected chi connectivity index (χ3v) is 4.19. The molecule has 16 heteroatoms. The van der Waals surface area contributed by atoms with Gasteiger partial charge in [-0.3, -0.25) is 24.0 Å². The van der Waals surface area contributed by atoms with Gasteiger partial charge in [-0.25, -0.2) is 9.78 Å². The number of amides is 5. The van der Waals surface area contributed by atoms with Crippen LogP contribution in [0.2, 0.25) is 0 Å². The van der Waals surface area contributed by atoms with Crippen molar-refractivity contribution in [1.82, 2.24) is 36.6 Å². The molecule has 34 heavy (non-hydrogen) atoms. The number of rotatable bonds is 14. The van der Waals surface area contributed by atoms with Gasteiger partial charge in [-0.05, 0) is 6.92 Å². The van der Waals surface area contributed by atoms with Crippen molar-refractivity contribution in [1.29, 1.82) is 0 Å². The molecule has 0 radical (unpaired) electrons. The number of hydrogen-bond donors (Lipinski definition) is 9. The van der Waals surface area contributed by atoms with Crippen molar-refractivity contribution in [3.8, 4) is 0 Å². The summed E-state index contributed by atoms with van der Waals surface area (Å²) < 4.78 is 0. The quantitative estimate of drug-likeness (QED) is 0.121. The Labute approximate surface area is 193 Å². The maximum absolute atomic E-state index is 12.2.